The first-order valence-corrected chi connectivity index (χ1v) is 6.97. The fraction of sp³-hybridized carbons (Fsp3) is 0.385. The third-order valence-corrected chi connectivity index (χ3v) is 3.97. The Labute approximate surface area is 125 Å². The van der Waals surface area contributed by atoms with Crippen molar-refractivity contribution in [2.24, 2.45) is 0 Å². The van der Waals surface area contributed by atoms with Crippen molar-refractivity contribution in [3.63, 3.8) is 0 Å². The molecule has 0 aliphatic heterocycles. The number of hydrogen-bond donors (Lipinski definition) is 1. The molecule has 106 valence electrons. The molecule has 0 aliphatic rings. The maximum Gasteiger partial charge on any atom is 0.248 e. The van der Waals surface area contributed by atoms with Gasteiger partial charge in [0.2, 0.25) is 11.9 Å². The van der Waals surface area contributed by atoms with Gasteiger partial charge in [-0.15, -0.1) is 0 Å². The number of hydrogen-bond acceptors (Lipinski definition) is 4. The molecule has 0 radical (unpaired) electrons. The summed E-state index contributed by atoms with van der Waals surface area (Å²) >= 11 is 3.44. The second kappa shape index (κ2) is 5.70. The van der Waals surface area contributed by atoms with Crippen LogP contribution in [0.5, 0.6) is 0 Å². The van der Waals surface area contributed by atoms with E-state index < -0.39 is 0 Å². The molecule has 0 bridgehead atoms. The molecule has 20 heavy (non-hydrogen) atoms. The van der Waals surface area contributed by atoms with Crippen LogP contribution in [0.25, 0.3) is 0 Å². The molecule has 0 spiro atoms. The Morgan fingerprint density at radius 3 is 2.35 bits per heavy atom. The van der Waals surface area contributed by atoms with Crippen molar-refractivity contribution in [3.05, 3.63) is 33.3 Å². The SMILES string of the molecule is Cc1cc(C)nc(NC(=O)Cn2nc(C)c(Br)c2C)n1. The van der Waals surface area contributed by atoms with Crippen molar-refractivity contribution < 1.29 is 4.79 Å². The molecule has 0 aliphatic carbocycles. The van der Waals surface area contributed by atoms with Crippen molar-refractivity contribution in [3.8, 4) is 0 Å². The predicted molar refractivity (Wildman–Crippen MR) is 79.5 cm³/mol. The number of carbonyl (C=O) groups is 1. The van der Waals surface area contributed by atoms with Gasteiger partial charge in [-0.1, -0.05) is 0 Å². The molecule has 0 fully saturated rings. The Morgan fingerprint density at radius 1 is 1.25 bits per heavy atom. The van der Waals surface area contributed by atoms with Crippen molar-refractivity contribution in [1.29, 1.82) is 0 Å². The van der Waals surface area contributed by atoms with Gasteiger partial charge < -0.3 is 0 Å². The quantitative estimate of drug-likeness (QED) is 0.932. The summed E-state index contributed by atoms with van der Waals surface area (Å²) in [7, 11) is 0. The van der Waals surface area contributed by atoms with Gasteiger partial charge in [0.25, 0.3) is 0 Å². The first-order chi connectivity index (χ1) is 9.36. The van der Waals surface area contributed by atoms with Gasteiger partial charge >= 0.3 is 0 Å². The van der Waals surface area contributed by atoms with Crippen LogP contribution < -0.4 is 5.32 Å². The molecule has 7 heteroatoms. The van der Waals surface area contributed by atoms with E-state index in [-0.39, 0.29) is 12.5 Å². The van der Waals surface area contributed by atoms with E-state index >= 15 is 0 Å². The van der Waals surface area contributed by atoms with Gasteiger partial charge in [0, 0.05) is 11.4 Å². The average Bonchev–Trinajstić information content (AvgIpc) is 2.55. The van der Waals surface area contributed by atoms with E-state index in [2.05, 4.69) is 36.3 Å². The molecule has 0 aromatic carbocycles. The number of aromatic nitrogens is 4. The molecule has 2 rings (SSSR count). The Bertz CT molecular complexity index is 645. The zero-order chi connectivity index (χ0) is 14.9. The molecule has 0 saturated heterocycles. The first-order valence-electron chi connectivity index (χ1n) is 6.18. The predicted octanol–water partition coefficient (Wildman–Crippen LogP) is 2.31. The minimum Gasteiger partial charge on any atom is -0.293 e. The number of nitrogens with zero attached hydrogens (tertiary/aromatic N) is 4. The molecule has 2 heterocycles. The van der Waals surface area contributed by atoms with Crippen molar-refractivity contribution in [1.82, 2.24) is 19.7 Å². The lowest BCUT2D eigenvalue weighted by atomic mass is 10.3. The maximum absolute atomic E-state index is 12.0. The van der Waals surface area contributed by atoms with Crippen LogP contribution in [0.15, 0.2) is 10.5 Å². The smallest absolute Gasteiger partial charge is 0.248 e. The second-order valence-electron chi connectivity index (χ2n) is 4.66. The largest absolute Gasteiger partial charge is 0.293 e. The van der Waals surface area contributed by atoms with Crippen LogP contribution in [0.3, 0.4) is 0 Å². The Morgan fingerprint density at radius 2 is 1.85 bits per heavy atom. The van der Waals surface area contributed by atoms with Gasteiger partial charge in [0.1, 0.15) is 6.54 Å². The molecule has 2 aromatic heterocycles. The number of amides is 1. The van der Waals surface area contributed by atoms with E-state index in [9.17, 15) is 4.79 Å². The Kier molecular flexibility index (Phi) is 4.17. The standard InChI is InChI=1S/C13H16BrN5O/c1-7-5-8(2)16-13(15-7)17-11(20)6-19-10(4)12(14)9(3)18-19/h5H,6H2,1-4H3,(H,15,16,17,20). The molecular formula is C13H16BrN5O. The summed E-state index contributed by atoms with van der Waals surface area (Å²) in [4.78, 5) is 20.4. The van der Waals surface area contributed by atoms with Gasteiger partial charge in [-0.05, 0) is 49.7 Å². The maximum atomic E-state index is 12.0. The number of rotatable bonds is 3. The molecule has 0 saturated carbocycles. The number of anilines is 1. The Balaban J connectivity index is 2.11. The summed E-state index contributed by atoms with van der Waals surface area (Å²) in [5, 5.41) is 6.99. The van der Waals surface area contributed by atoms with Crippen LogP contribution in [0.2, 0.25) is 0 Å². The number of carbonyl (C=O) groups excluding carboxylic acids is 1. The molecule has 0 atom stereocenters. The van der Waals surface area contributed by atoms with Crippen LogP contribution in [0.4, 0.5) is 5.95 Å². The Hall–Kier alpha value is -1.76. The van der Waals surface area contributed by atoms with E-state index in [0.29, 0.717) is 5.95 Å². The average molecular weight is 338 g/mol. The van der Waals surface area contributed by atoms with Crippen molar-refractivity contribution in [2.45, 2.75) is 34.2 Å². The fourth-order valence-electron chi connectivity index (χ4n) is 1.91. The van der Waals surface area contributed by atoms with Crippen molar-refractivity contribution >= 4 is 27.8 Å². The van der Waals surface area contributed by atoms with Gasteiger partial charge in [-0.3, -0.25) is 14.8 Å². The lowest BCUT2D eigenvalue weighted by molar-refractivity contribution is -0.117. The molecule has 1 N–H and O–H groups in total. The lowest BCUT2D eigenvalue weighted by Gasteiger charge is -2.07. The monoisotopic (exact) mass is 337 g/mol. The van der Waals surface area contributed by atoms with Crippen LogP contribution in [0.1, 0.15) is 22.8 Å². The normalized spacial score (nSPS) is 10.7. The zero-order valence-corrected chi connectivity index (χ0v) is 13.4. The number of nitrogens with one attached hydrogen (secondary N) is 1. The number of halogens is 1. The topological polar surface area (TPSA) is 72.7 Å². The molecule has 6 nitrogen and oxygen atoms in total. The summed E-state index contributed by atoms with van der Waals surface area (Å²) in [6.45, 7) is 7.66. The zero-order valence-electron chi connectivity index (χ0n) is 11.9. The molecular weight excluding hydrogens is 322 g/mol. The fourth-order valence-corrected chi connectivity index (χ4v) is 2.20. The third kappa shape index (κ3) is 3.22. The van der Waals surface area contributed by atoms with E-state index in [1.165, 1.54) is 0 Å². The second-order valence-corrected chi connectivity index (χ2v) is 5.46. The minimum absolute atomic E-state index is 0.134. The molecule has 0 unspecified atom stereocenters. The molecule has 2 aromatic rings. The highest BCUT2D eigenvalue weighted by Gasteiger charge is 2.12. The summed E-state index contributed by atoms with van der Waals surface area (Å²) in [6.07, 6.45) is 0. The molecule has 1 amide bonds. The van der Waals surface area contributed by atoms with E-state index in [1.54, 1.807) is 4.68 Å². The number of aryl methyl sites for hydroxylation is 3. The van der Waals surface area contributed by atoms with Crippen molar-refractivity contribution in [2.75, 3.05) is 5.32 Å². The van der Waals surface area contributed by atoms with Gasteiger partial charge in [0.15, 0.2) is 0 Å². The van der Waals surface area contributed by atoms with Crippen LogP contribution in [0, 0.1) is 27.7 Å². The minimum atomic E-state index is -0.201. The highest BCUT2D eigenvalue weighted by molar-refractivity contribution is 9.10. The van der Waals surface area contributed by atoms with Crippen LogP contribution in [-0.4, -0.2) is 25.7 Å². The van der Waals surface area contributed by atoms with Crippen LogP contribution in [-0.2, 0) is 11.3 Å². The summed E-state index contributed by atoms with van der Waals surface area (Å²) in [5.41, 5.74) is 3.42. The van der Waals surface area contributed by atoms with Gasteiger partial charge in [-0.2, -0.15) is 5.10 Å². The summed E-state index contributed by atoms with van der Waals surface area (Å²) in [6, 6.07) is 1.85. The van der Waals surface area contributed by atoms with E-state index in [4.69, 9.17) is 0 Å². The highest BCUT2D eigenvalue weighted by atomic mass is 79.9. The summed E-state index contributed by atoms with van der Waals surface area (Å²) < 4.78 is 2.57. The first kappa shape index (κ1) is 14.6. The van der Waals surface area contributed by atoms with E-state index in [0.717, 1.165) is 27.2 Å². The highest BCUT2D eigenvalue weighted by Crippen LogP contribution is 2.19. The summed E-state index contributed by atoms with van der Waals surface area (Å²) in [5.74, 6) is 0.126. The third-order valence-electron chi connectivity index (χ3n) is 2.82. The van der Waals surface area contributed by atoms with Crippen LogP contribution >= 0.6 is 15.9 Å². The van der Waals surface area contributed by atoms with Gasteiger partial charge in [-0.25, -0.2) is 9.97 Å². The van der Waals surface area contributed by atoms with E-state index in [1.807, 2.05) is 33.8 Å². The van der Waals surface area contributed by atoms with Gasteiger partial charge in [0.05, 0.1) is 15.9 Å². The lowest BCUT2D eigenvalue weighted by Crippen LogP contribution is -2.21.